The molecule has 0 spiro atoms. The summed E-state index contributed by atoms with van der Waals surface area (Å²) in [6.45, 7) is 0.271. The van der Waals surface area contributed by atoms with Crippen molar-refractivity contribution in [1.82, 2.24) is 0 Å². The maximum Gasteiger partial charge on any atom is 0.416 e. The van der Waals surface area contributed by atoms with Crippen molar-refractivity contribution in [3.63, 3.8) is 0 Å². The van der Waals surface area contributed by atoms with Crippen LogP contribution in [0.2, 0.25) is 10.0 Å². The van der Waals surface area contributed by atoms with Gasteiger partial charge in [-0.1, -0.05) is 39.1 Å². The zero-order valence-electron chi connectivity index (χ0n) is 10.4. The summed E-state index contributed by atoms with van der Waals surface area (Å²) in [5.41, 5.74) is 0.321. The molecule has 0 aromatic heterocycles. The van der Waals surface area contributed by atoms with Crippen LogP contribution in [0.1, 0.15) is 11.1 Å². The fraction of sp³-hybridized carbons (Fsp3) is 0.143. The Morgan fingerprint density at radius 3 is 2.43 bits per heavy atom. The van der Waals surface area contributed by atoms with Gasteiger partial charge in [0.05, 0.1) is 5.56 Å². The SMILES string of the molecule is FC(F)(F)c1cc(Br)cc(NCc2cc(Cl)ccc2Cl)c1. The Balaban J connectivity index is 2.20. The Morgan fingerprint density at radius 1 is 1.05 bits per heavy atom. The molecule has 7 heteroatoms. The summed E-state index contributed by atoms with van der Waals surface area (Å²) in [7, 11) is 0. The molecule has 0 atom stereocenters. The summed E-state index contributed by atoms with van der Waals surface area (Å²) in [5, 5.41) is 3.92. The Labute approximate surface area is 138 Å². The molecule has 1 nitrogen and oxygen atoms in total. The van der Waals surface area contributed by atoms with E-state index in [-0.39, 0.29) is 6.54 Å². The molecule has 0 radical (unpaired) electrons. The van der Waals surface area contributed by atoms with Crippen molar-refractivity contribution in [3.8, 4) is 0 Å². The summed E-state index contributed by atoms with van der Waals surface area (Å²) in [6.07, 6.45) is -4.39. The van der Waals surface area contributed by atoms with Gasteiger partial charge in [0.2, 0.25) is 0 Å². The van der Waals surface area contributed by atoms with Gasteiger partial charge in [-0.05, 0) is 42.0 Å². The average molecular weight is 399 g/mol. The number of nitrogens with one attached hydrogen (secondary N) is 1. The molecular formula is C14H9BrCl2F3N. The molecule has 2 rings (SSSR count). The van der Waals surface area contributed by atoms with E-state index in [1.54, 1.807) is 24.3 Å². The molecule has 0 aliphatic rings. The van der Waals surface area contributed by atoms with E-state index < -0.39 is 11.7 Å². The van der Waals surface area contributed by atoms with E-state index >= 15 is 0 Å². The summed E-state index contributed by atoms with van der Waals surface area (Å²) >= 11 is 14.9. The van der Waals surface area contributed by atoms with Gasteiger partial charge in [-0.2, -0.15) is 13.2 Å². The maximum absolute atomic E-state index is 12.7. The van der Waals surface area contributed by atoms with E-state index in [4.69, 9.17) is 23.2 Å². The molecular weight excluding hydrogens is 390 g/mol. The maximum atomic E-state index is 12.7. The molecule has 0 aliphatic heterocycles. The smallest absolute Gasteiger partial charge is 0.381 e. The Kier molecular flexibility index (Phi) is 5.07. The summed E-state index contributed by atoms with van der Waals surface area (Å²) < 4.78 is 38.6. The van der Waals surface area contributed by atoms with Crippen molar-refractivity contribution in [1.29, 1.82) is 0 Å². The Hall–Kier alpha value is -0.910. The minimum absolute atomic E-state index is 0.271. The van der Waals surface area contributed by atoms with E-state index in [2.05, 4.69) is 21.2 Å². The second kappa shape index (κ2) is 6.46. The third kappa shape index (κ3) is 4.53. The normalized spacial score (nSPS) is 11.5. The number of hydrogen-bond acceptors (Lipinski definition) is 1. The van der Waals surface area contributed by atoms with Gasteiger partial charge in [0.15, 0.2) is 0 Å². The highest BCUT2D eigenvalue weighted by Crippen LogP contribution is 2.33. The van der Waals surface area contributed by atoms with Crippen LogP contribution in [0.4, 0.5) is 18.9 Å². The second-order valence-electron chi connectivity index (χ2n) is 4.32. The monoisotopic (exact) mass is 397 g/mol. The van der Waals surface area contributed by atoms with Crippen LogP contribution in [0, 0.1) is 0 Å². The van der Waals surface area contributed by atoms with Crippen LogP contribution in [0.25, 0.3) is 0 Å². The van der Waals surface area contributed by atoms with Crippen molar-refractivity contribution in [3.05, 3.63) is 62.0 Å². The number of rotatable bonds is 3. The van der Waals surface area contributed by atoms with Gasteiger partial charge >= 0.3 is 6.18 Å². The van der Waals surface area contributed by atoms with E-state index in [0.717, 1.165) is 12.1 Å². The van der Waals surface area contributed by atoms with Crippen LogP contribution in [0.5, 0.6) is 0 Å². The minimum atomic E-state index is -4.39. The van der Waals surface area contributed by atoms with Crippen LogP contribution in [0.15, 0.2) is 40.9 Å². The summed E-state index contributed by atoms with van der Waals surface area (Å²) in [6, 6.07) is 8.59. The highest BCUT2D eigenvalue weighted by atomic mass is 79.9. The number of halogens is 6. The topological polar surface area (TPSA) is 12.0 Å². The summed E-state index contributed by atoms with van der Waals surface area (Å²) in [4.78, 5) is 0. The van der Waals surface area contributed by atoms with Crippen molar-refractivity contribution < 1.29 is 13.2 Å². The van der Waals surface area contributed by atoms with Gasteiger partial charge in [-0.3, -0.25) is 0 Å². The standard InChI is InChI=1S/C14H9BrCl2F3N/c15-10-4-9(14(18,19)20)5-12(6-10)21-7-8-3-11(16)1-2-13(8)17/h1-6,21H,7H2. The fourth-order valence-corrected chi connectivity index (χ4v) is 2.60. The molecule has 0 unspecified atom stereocenters. The average Bonchev–Trinajstić information content (AvgIpc) is 2.38. The molecule has 0 heterocycles. The molecule has 2 aromatic carbocycles. The molecule has 0 bridgehead atoms. The molecule has 1 N–H and O–H groups in total. The van der Waals surface area contributed by atoms with E-state index in [0.29, 0.717) is 25.8 Å². The zero-order valence-corrected chi connectivity index (χ0v) is 13.5. The van der Waals surface area contributed by atoms with Gasteiger partial charge in [0.25, 0.3) is 0 Å². The molecule has 112 valence electrons. The molecule has 0 amide bonds. The predicted octanol–water partition coefficient (Wildman–Crippen LogP) is 6.39. The predicted molar refractivity (Wildman–Crippen MR) is 82.9 cm³/mol. The first-order chi connectivity index (χ1) is 9.75. The van der Waals surface area contributed by atoms with Crippen molar-refractivity contribution in [2.24, 2.45) is 0 Å². The first-order valence-electron chi connectivity index (χ1n) is 5.81. The Morgan fingerprint density at radius 2 is 1.76 bits per heavy atom. The van der Waals surface area contributed by atoms with Crippen molar-refractivity contribution in [2.75, 3.05) is 5.32 Å². The lowest BCUT2D eigenvalue weighted by molar-refractivity contribution is -0.137. The summed E-state index contributed by atoms with van der Waals surface area (Å²) in [5.74, 6) is 0. The van der Waals surface area contributed by atoms with Crippen LogP contribution >= 0.6 is 39.1 Å². The van der Waals surface area contributed by atoms with Crippen LogP contribution in [0.3, 0.4) is 0 Å². The fourth-order valence-electron chi connectivity index (χ4n) is 1.73. The number of alkyl halides is 3. The molecule has 0 fully saturated rings. The Bertz CT molecular complexity index is 659. The minimum Gasteiger partial charge on any atom is -0.381 e. The molecule has 21 heavy (non-hydrogen) atoms. The van der Waals surface area contributed by atoms with Crippen LogP contribution in [-0.2, 0) is 12.7 Å². The third-order valence-corrected chi connectivity index (χ3v) is 3.78. The lowest BCUT2D eigenvalue weighted by Gasteiger charge is -2.12. The van der Waals surface area contributed by atoms with Gasteiger partial charge in [-0.15, -0.1) is 0 Å². The van der Waals surface area contributed by atoms with Gasteiger partial charge in [-0.25, -0.2) is 0 Å². The van der Waals surface area contributed by atoms with Crippen molar-refractivity contribution in [2.45, 2.75) is 12.7 Å². The van der Waals surface area contributed by atoms with Crippen LogP contribution < -0.4 is 5.32 Å². The first-order valence-corrected chi connectivity index (χ1v) is 7.36. The highest BCUT2D eigenvalue weighted by Gasteiger charge is 2.31. The van der Waals surface area contributed by atoms with Gasteiger partial charge in [0.1, 0.15) is 0 Å². The largest absolute Gasteiger partial charge is 0.416 e. The number of hydrogen-bond donors (Lipinski definition) is 1. The molecule has 0 saturated carbocycles. The number of anilines is 1. The third-order valence-electron chi connectivity index (χ3n) is 2.72. The lowest BCUT2D eigenvalue weighted by Crippen LogP contribution is -2.07. The van der Waals surface area contributed by atoms with Gasteiger partial charge < -0.3 is 5.32 Å². The zero-order chi connectivity index (χ0) is 15.6. The first kappa shape index (κ1) is 16.5. The van der Waals surface area contributed by atoms with Gasteiger partial charge in [0, 0.05) is 26.8 Å². The van der Waals surface area contributed by atoms with E-state index in [1.807, 2.05) is 0 Å². The lowest BCUT2D eigenvalue weighted by atomic mass is 10.1. The second-order valence-corrected chi connectivity index (χ2v) is 6.07. The quantitative estimate of drug-likeness (QED) is 0.631. The van der Waals surface area contributed by atoms with E-state index in [9.17, 15) is 13.2 Å². The highest BCUT2D eigenvalue weighted by molar-refractivity contribution is 9.10. The van der Waals surface area contributed by atoms with Crippen LogP contribution in [-0.4, -0.2) is 0 Å². The van der Waals surface area contributed by atoms with E-state index in [1.165, 1.54) is 0 Å². The number of benzene rings is 2. The molecule has 2 aromatic rings. The molecule has 0 saturated heterocycles. The van der Waals surface area contributed by atoms with Crippen molar-refractivity contribution >= 4 is 44.8 Å². The molecule has 0 aliphatic carbocycles.